The Morgan fingerprint density at radius 3 is 2.52 bits per heavy atom. The lowest BCUT2D eigenvalue weighted by Gasteiger charge is -2.23. The van der Waals surface area contributed by atoms with Crippen molar-refractivity contribution in [3.63, 3.8) is 0 Å². The van der Waals surface area contributed by atoms with Crippen molar-refractivity contribution in [2.45, 2.75) is 32.1 Å². The van der Waals surface area contributed by atoms with Crippen LogP contribution in [0.5, 0.6) is 0 Å². The van der Waals surface area contributed by atoms with Crippen LogP contribution >= 0.6 is 35.7 Å². The third-order valence-electron chi connectivity index (χ3n) is 3.43. The summed E-state index contributed by atoms with van der Waals surface area (Å²) in [5.74, 6) is 0.875. The van der Waals surface area contributed by atoms with Crippen molar-refractivity contribution in [2.75, 3.05) is 38.3 Å². The van der Waals surface area contributed by atoms with Gasteiger partial charge in [0.05, 0.1) is 6.54 Å². The predicted octanol–water partition coefficient (Wildman–Crippen LogP) is 3.57. The molecule has 132 valence electrons. The van der Waals surface area contributed by atoms with E-state index >= 15 is 0 Å². The highest BCUT2D eigenvalue weighted by Crippen LogP contribution is 2.19. The average molecular weight is 450 g/mol. The molecule has 0 radical (unpaired) electrons. The van der Waals surface area contributed by atoms with Gasteiger partial charge in [-0.25, -0.2) is 4.99 Å². The topological polar surface area (TPSA) is 39.7 Å². The molecule has 0 atom stereocenters. The van der Waals surface area contributed by atoms with Crippen molar-refractivity contribution in [1.82, 2.24) is 10.6 Å². The Labute approximate surface area is 162 Å². The van der Waals surface area contributed by atoms with Gasteiger partial charge in [0.25, 0.3) is 0 Å². The molecule has 2 N–H and O–H groups in total. The van der Waals surface area contributed by atoms with Gasteiger partial charge in [0.1, 0.15) is 0 Å². The molecule has 6 heteroatoms. The first kappa shape index (κ1) is 22.4. The molecule has 0 unspecified atom stereocenters. The molecule has 0 heterocycles. The maximum atomic E-state index is 4.69. The maximum absolute atomic E-state index is 4.69. The van der Waals surface area contributed by atoms with Crippen molar-refractivity contribution in [3.05, 3.63) is 29.8 Å². The van der Waals surface area contributed by atoms with Crippen LogP contribution in [0.1, 0.15) is 26.3 Å². The summed E-state index contributed by atoms with van der Waals surface area (Å²) in [4.78, 5) is 6.80. The molecule has 1 aromatic carbocycles. The van der Waals surface area contributed by atoms with E-state index in [1.807, 2.05) is 11.8 Å². The monoisotopic (exact) mass is 450 g/mol. The number of rotatable bonds is 7. The number of nitrogens with zero attached hydrogens (tertiary/aromatic N) is 2. The van der Waals surface area contributed by atoms with Crippen molar-refractivity contribution in [2.24, 2.45) is 4.99 Å². The van der Waals surface area contributed by atoms with Gasteiger partial charge < -0.3 is 15.5 Å². The van der Waals surface area contributed by atoms with Gasteiger partial charge in [-0.2, -0.15) is 11.8 Å². The maximum Gasteiger partial charge on any atom is 0.191 e. The number of nitrogens with one attached hydrogen (secondary N) is 2. The molecular weight excluding hydrogens is 419 g/mol. The van der Waals surface area contributed by atoms with E-state index in [1.165, 1.54) is 11.3 Å². The van der Waals surface area contributed by atoms with E-state index in [0.717, 1.165) is 19.0 Å². The Hall–Kier alpha value is -0.630. The summed E-state index contributed by atoms with van der Waals surface area (Å²) in [7, 11) is 4.11. The Kier molecular flexibility index (Phi) is 10.7. The van der Waals surface area contributed by atoms with Gasteiger partial charge in [0.15, 0.2) is 5.96 Å². The van der Waals surface area contributed by atoms with Crippen molar-refractivity contribution >= 4 is 47.4 Å². The van der Waals surface area contributed by atoms with Crippen LogP contribution in [0.2, 0.25) is 0 Å². The second kappa shape index (κ2) is 11.0. The van der Waals surface area contributed by atoms with Crippen LogP contribution in [0, 0.1) is 0 Å². The van der Waals surface area contributed by atoms with Crippen LogP contribution in [-0.2, 0) is 6.54 Å². The molecule has 0 aliphatic rings. The minimum absolute atomic E-state index is 0. The van der Waals surface area contributed by atoms with E-state index in [1.54, 1.807) is 0 Å². The van der Waals surface area contributed by atoms with Gasteiger partial charge in [-0.05, 0) is 44.7 Å². The molecule has 0 bridgehead atoms. The quantitative estimate of drug-likeness (QED) is 0.379. The van der Waals surface area contributed by atoms with Crippen LogP contribution in [0.3, 0.4) is 0 Å². The first-order chi connectivity index (χ1) is 10.4. The molecule has 1 rings (SSSR count). The molecular formula is C17H31IN4S. The summed E-state index contributed by atoms with van der Waals surface area (Å²) >= 11 is 1.86. The Morgan fingerprint density at radius 1 is 1.26 bits per heavy atom. The van der Waals surface area contributed by atoms with Gasteiger partial charge in [-0.15, -0.1) is 24.0 Å². The highest BCUT2D eigenvalue weighted by Gasteiger charge is 2.16. The van der Waals surface area contributed by atoms with Crippen LogP contribution in [0.4, 0.5) is 5.69 Å². The molecule has 0 saturated heterocycles. The predicted molar refractivity (Wildman–Crippen MR) is 117 cm³/mol. The zero-order valence-corrected chi connectivity index (χ0v) is 18.3. The van der Waals surface area contributed by atoms with Crippen molar-refractivity contribution < 1.29 is 0 Å². The SMILES string of the molecule is CCNC(=NCc1cccc(N(C)C)c1)NCC(C)(C)SC.I. The Balaban J connectivity index is 0.00000484. The van der Waals surface area contributed by atoms with Crippen LogP contribution in [0.15, 0.2) is 29.3 Å². The van der Waals surface area contributed by atoms with Gasteiger partial charge >= 0.3 is 0 Å². The molecule has 0 saturated carbocycles. The normalized spacial score (nSPS) is 11.7. The van der Waals surface area contributed by atoms with Crippen molar-refractivity contribution in [1.29, 1.82) is 0 Å². The lowest BCUT2D eigenvalue weighted by Crippen LogP contribution is -2.43. The molecule has 0 amide bonds. The molecule has 4 nitrogen and oxygen atoms in total. The van der Waals surface area contributed by atoms with Crippen LogP contribution < -0.4 is 15.5 Å². The fourth-order valence-electron chi connectivity index (χ4n) is 1.81. The Bertz CT molecular complexity index is 489. The molecule has 0 fully saturated rings. The molecule has 23 heavy (non-hydrogen) atoms. The van der Waals surface area contributed by atoms with Crippen molar-refractivity contribution in [3.8, 4) is 0 Å². The second-order valence-corrected chi connectivity index (χ2v) is 7.59. The van der Waals surface area contributed by atoms with Gasteiger partial charge in [0.2, 0.25) is 0 Å². The summed E-state index contributed by atoms with van der Waals surface area (Å²) in [6.07, 6.45) is 2.14. The number of hydrogen-bond donors (Lipinski definition) is 2. The second-order valence-electron chi connectivity index (χ2n) is 6.08. The summed E-state index contributed by atoms with van der Waals surface area (Å²) in [6.45, 7) is 8.98. The fourth-order valence-corrected chi connectivity index (χ4v) is 2.03. The standard InChI is InChI=1S/C17H30N4S.HI/c1-7-18-16(20-13-17(2,3)22-6)19-12-14-9-8-10-15(11-14)21(4)5;/h8-11H,7,12-13H2,1-6H3,(H2,18,19,20);1H. The summed E-state index contributed by atoms with van der Waals surface area (Å²) in [5.41, 5.74) is 2.42. The number of hydrogen-bond acceptors (Lipinski definition) is 3. The first-order valence-electron chi connectivity index (χ1n) is 7.71. The molecule has 0 aromatic heterocycles. The smallest absolute Gasteiger partial charge is 0.191 e. The third-order valence-corrected chi connectivity index (χ3v) is 4.67. The van der Waals surface area contributed by atoms with Gasteiger partial charge in [-0.1, -0.05) is 12.1 Å². The molecule has 0 spiro atoms. The van der Waals surface area contributed by atoms with Gasteiger partial charge in [0, 0.05) is 37.6 Å². The molecule has 0 aliphatic heterocycles. The van der Waals surface area contributed by atoms with E-state index in [-0.39, 0.29) is 28.7 Å². The lowest BCUT2D eigenvalue weighted by molar-refractivity contribution is 0.665. The third kappa shape index (κ3) is 8.69. The highest BCUT2D eigenvalue weighted by atomic mass is 127. The number of anilines is 1. The lowest BCUT2D eigenvalue weighted by atomic mass is 10.2. The summed E-state index contributed by atoms with van der Waals surface area (Å²) < 4.78 is 0.195. The number of benzene rings is 1. The molecule has 0 aliphatic carbocycles. The van der Waals surface area contributed by atoms with Crippen LogP contribution in [-0.4, -0.2) is 44.1 Å². The number of aliphatic imine (C=N–C) groups is 1. The molecule has 1 aromatic rings. The zero-order valence-electron chi connectivity index (χ0n) is 15.1. The van der Waals surface area contributed by atoms with E-state index in [0.29, 0.717) is 6.54 Å². The van der Waals surface area contributed by atoms with E-state index in [4.69, 9.17) is 0 Å². The minimum atomic E-state index is 0. The fraction of sp³-hybridized carbons (Fsp3) is 0.588. The summed E-state index contributed by atoms with van der Waals surface area (Å²) in [6, 6.07) is 8.49. The van der Waals surface area contributed by atoms with E-state index < -0.39 is 0 Å². The first-order valence-corrected chi connectivity index (χ1v) is 8.94. The average Bonchev–Trinajstić information content (AvgIpc) is 2.50. The highest BCUT2D eigenvalue weighted by molar-refractivity contribution is 14.0. The van der Waals surface area contributed by atoms with Gasteiger partial charge in [-0.3, -0.25) is 0 Å². The zero-order chi connectivity index (χ0) is 16.6. The Morgan fingerprint density at radius 2 is 1.96 bits per heavy atom. The van der Waals surface area contributed by atoms with Crippen LogP contribution in [0.25, 0.3) is 0 Å². The minimum Gasteiger partial charge on any atom is -0.378 e. The number of guanidine groups is 1. The summed E-state index contributed by atoms with van der Waals surface area (Å²) in [5, 5.41) is 6.73. The largest absolute Gasteiger partial charge is 0.378 e. The van der Waals surface area contributed by atoms with E-state index in [9.17, 15) is 0 Å². The van der Waals surface area contributed by atoms with E-state index in [2.05, 4.69) is 85.9 Å². The number of thioether (sulfide) groups is 1. The number of halogens is 1.